The number of hydrazine groups is 1. The molecule has 1 rings (SSSR count). The van der Waals surface area contributed by atoms with Crippen LogP contribution in [0.1, 0.15) is 13.3 Å². The summed E-state index contributed by atoms with van der Waals surface area (Å²) in [6.07, 6.45) is 3.61. The van der Waals surface area contributed by atoms with Crippen LogP contribution in [-0.4, -0.2) is 15.9 Å². The normalized spacial score (nSPS) is 9.08. The molecule has 0 aromatic carbocycles. The molecule has 0 aliphatic heterocycles. The van der Waals surface area contributed by atoms with E-state index in [1.54, 1.807) is 25.4 Å². The summed E-state index contributed by atoms with van der Waals surface area (Å²) in [5, 5.41) is 0. The van der Waals surface area contributed by atoms with Crippen molar-refractivity contribution in [1.29, 1.82) is 0 Å². The summed E-state index contributed by atoms with van der Waals surface area (Å²) in [5.41, 5.74) is 5.01. The van der Waals surface area contributed by atoms with Crippen molar-refractivity contribution in [3.05, 3.63) is 18.5 Å². The molecule has 0 aliphatic rings. The summed E-state index contributed by atoms with van der Waals surface area (Å²) < 4.78 is 0. The molecule has 5 nitrogen and oxygen atoms in total. The van der Waals surface area contributed by atoms with Crippen LogP contribution in [0.3, 0.4) is 0 Å². The summed E-state index contributed by atoms with van der Waals surface area (Å²) in [7, 11) is 0. The van der Waals surface area contributed by atoms with Crippen LogP contribution in [0, 0.1) is 0 Å². The van der Waals surface area contributed by atoms with Crippen LogP contribution in [-0.2, 0) is 4.79 Å². The van der Waals surface area contributed by atoms with Crippen molar-refractivity contribution in [3.8, 4) is 0 Å². The molecule has 0 unspecified atom stereocenters. The Hall–Kier alpha value is -1.65. The van der Waals surface area contributed by atoms with E-state index in [4.69, 9.17) is 0 Å². The van der Waals surface area contributed by atoms with Gasteiger partial charge in [-0.25, -0.2) is 9.97 Å². The minimum atomic E-state index is -0.0950. The van der Waals surface area contributed by atoms with Crippen LogP contribution < -0.4 is 10.9 Å². The van der Waals surface area contributed by atoms with Crippen LogP contribution in [0.4, 0.5) is 5.95 Å². The van der Waals surface area contributed by atoms with Crippen LogP contribution in [0.5, 0.6) is 0 Å². The zero-order valence-corrected chi connectivity index (χ0v) is 6.74. The number of carbonyl (C=O) groups is 1. The number of hydrogen-bond acceptors (Lipinski definition) is 4. The van der Waals surface area contributed by atoms with E-state index in [2.05, 4.69) is 20.8 Å². The van der Waals surface area contributed by atoms with E-state index in [0.29, 0.717) is 12.4 Å². The third-order valence-corrected chi connectivity index (χ3v) is 1.20. The molecule has 0 atom stereocenters. The molecule has 1 amide bonds. The quantitative estimate of drug-likeness (QED) is 0.635. The second-order valence-electron chi connectivity index (χ2n) is 2.10. The highest BCUT2D eigenvalue weighted by molar-refractivity contribution is 5.76. The van der Waals surface area contributed by atoms with Gasteiger partial charge in [-0.05, 0) is 6.07 Å². The van der Waals surface area contributed by atoms with Gasteiger partial charge in [0.2, 0.25) is 11.9 Å². The predicted molar refractivity (Wildman–Crippen MR) is 44.1 cm³/mol. The lowest BCUT2D eigenvalue weighted by Crippen LogP contribution is -2.29. The molecule has 0 spiro atoms. The van der Waals surface area contributed by atoms with E-state index in [-0.39, 0.29) is 5.91 Å². The number of amides is 1. The average molecular weight is 166 g/mol. The highest BCUT2D eigenvalue weighted by atomic mass is 16.2. The summed E-state index contributed by atoms with van der Waals surface area (Å²) in [4.78, 5) is 18.5. The summed E-state index contributed by atoms with van der Waals surface area (Å²) in [5.74, 6) is 0.293. The molecule has 1 aromatic heterocycles. The van der Waals surface area contributed by atoms with E-state index >= 15 is 0 Å². The van der Waals surface area contributed by atoms with Gasteiger partial charge in [0.1, 0.15) is 0 Å². The van der Waals surface area contributed by atoms with Gasteiger partial charge in [0.15, 0.2) is 0 Å². The summed E-state index contributed by atoms with van der Waals surface area (Å²) in [6.45, 7) is 1.77. The molecule has 1 heterocycles. The Morgan fingerprint density at radius 2 is 2.17 bits per heavy atom. The largest absolute Gasteiger partial charge is 0.273 e. The van der Waals surface area contributed by atoms with Gasteiger partial charge in [0.05, 0.1) is 0 Å². The summed E-state index contributed by atoms with van der Waals surface area (Å²) >= 11 is 0. The monoisotopic (exact) mass is 166 g/mol. The van der Waals surface area contributed by atoms with Gasteiger partial charge in [-0.2, -0.15) is 0 Å². The Morgan fingerprint density at radius 1 is 1.50 bits per heavy atom. The molecule has 0 radical (unpaired) electrons. The highest BCUT2D eigenvalue weighted by Gasteiger charge is 1.95. The molecule has 1 aromatic rings. The topological polar surface area (TPSA) is 66.9 Å². The predicted octanol–water partition coefficient (Wildman–Crippen LogP) is 0.330. The SMILES string of the molecule is CCC(=O)NNc1ncccn1. The number of hydrogen-bond donors (Lipinski definition) is 2. The summed E-state index contributed by atoms with van der Waals surface area (Å²) in [6, 6.07) is 1.70. The van der Waals surface area contributed by atoms with Crippen LogP contribution in [0.25, 0.3) is 0 Å². The molecule has 0 bridgehead atoms. The number of carbonyl (C=O) groups excluding carboxylic acids is 1. The van der Waals surface area contributed by atoms with Crippen molar-refractivity contribution in [2.24, 2.45) is 0 Å². The Bertz CT molecular complexity index is 249. The molecule has 0 aliphatic carbocycles. The average Bonchev–Trinajstić information content (AvgIpc) is 2.16. The number of anilines is 1. The molecule has 12 heavy (non-hydrogen) atoms. The molecule has 2 N–H and O–H groups in total. The molecule has 5 heteroatoms. The lowest BCUT2D eigenvalue weighted by molar-refractivity contribution is -0.120. The minimum absolute atomic E-state index is 0.0950. The number of nitrogens with one attached hydrogen (secondary N) is 2. The molecule has 0 saturated heterocycles. The first-order chi connectivity index (χ1) is 5.83. The van der Waals surface area contributed by atoms with Gasteiger partial charge >= 0.3 is 0 Å². The molecule has 0 fully saturated rings. The van der Waals surface area contributed by atoms with E-state index in [1.165, 1.54) is 0 Å². The van der Waals surface area contributed by atoms with Gasteiger partial charge in [-0.15, -0.1) is 0 Å². The van der Waals surface area contributed by atoms with E-state index in [9.17, 15) is 4.79 Å². The fraction of sp³-hybridized carbons (Fsp3) is 0.286. The van der Waals surface area contributed by atoms with Gasteiger partial charge < -0.3 is 0 Å². The van der Waals surface area contributed by atoms with Crippen molar-refractivity contribution in [2.45, 2.75) is 13.3 Å². The zero-order chi connectivity index (χ0) is 8.81. The Morgan fingerprint density at radius 3 is 2.75 bits per heavy atom. The number of aromatic nitrogens is 2. The van der Waals surface area contributed by atoms with Crippen molar-refractivity contribution in [2.75, 3.05) is 5.43 Å². The Labute approximate surface area is 70.2 Å². The van der Waals surface area contributed by atoms with Crippen molar-refractivity contribution < 1.29 is 4.79 Å². The first kappa shape index (κ1) is 8.45. The van der Waals surface area contributed by atoms with Gasteiger partial charge in [0, 0.05) is 18.8 Å². The maximum absolute atomic E-state index is 10.8. The smallest absolute Gasteiger partial charge is 0.241 e. The second-order valence-corrected chi connectivity index (χ2v) is 2.10. The fourth-order valence-electron chi connectivity index (χ4n) is 0.578. The first-order valence-electron chi connectivity index (χ1n) is 3.65. The lowest BCUT2D eigenvalue weighted by atomic mass is 10.5. The maximum Gasteiger partial charge on any atom is 0.241 e. The Kier molecular flexibility index (Phi) is 3.01. The first-order valence-corrected chi connectivity index (χ1v) is 3.65. The van der Waals surface area contributed by atoms with E-state index < -0.39 is 0 Å². The fourth-order valence-corrected chi connectivity index (χ4v) is 0.578. The lowest BCUT2D eigenvalue weighted by Gasteiger charge is -2.03. The third-order valence-electron chi connectivity index (χ3n) is 1.20. The van der Waals surface area contributed by atoms with Crippen molar-refractivity contribution in [1.82, 2.24) is 15.4 Å². The van der Waals surface area contributed by atoms with Crippen LogP contribution in [0.2, 0.25) is 0 Å². The number of rotatable bonds is 3. The number of nitrogens with zero attached hydrogens (tertiary/aromatic N) is 2. The van der Waals surface area contributed by atoms with Crippen LogP contribution in [0.15, 0.2) is 18.5 Å². The van der Waals surface area contributed by atoms with Gasteiger partial charge in [0.25, 0.3) is 0 Å². The minimum Gasteiger partial charge on any atom is -0.273 e. The zero-order valence-electron chi connectivity index (χ0n) is 6.74. The second kappa shape index (κ2) is 4.27. The molecule has 64 valence electrons. The van der Waals surface area contributed by atoms with Gasteiger partial charge in [-0.3, -0.25) is 15.6 Å². The molecular formula is C7H10N4O. The third kappa shape index (κ3) is 2.53. The molecular weight excluding hydrogens is 156 g/mol. The van der Waals surface area contributed by atoms with Crippen LogP contribution >= 0.6 is 0 Å². The molecule has 0 saturated carbocycles. The van der Waals surface area contributed by atoms with E-state index in [1.807, 2.05) is 0 Å². The van der Waals surface area contributed by atoms with E-state index in [0.717, 1.165) is 0 Å². The van der Waals surface area contributed by atoms with Crippen molar-refractivity contribution in [3.63, 3.8) is 0 Å². The van der Waals surface area contributed by atoms with Gasteiger partial charge in [-0.1, -0.05) is 6.92 Å². The van der Waals surface area contributed by atoms with Crippen molar-refractivity contribution >= 4 is 11.9 Å². The maximum atomic E-state index is 10.8. The highest BCUT2D eigenvalue weighted by Crippen LogP contribution is 1.90. The standard InChI is InChI=1S/C7H10N4O/c1-2-6(12)10-11-7-8-4-3-5-9-7/h3-5H,2H2,1H3,(H,10,12)(H,8,9,11). The Balaban J connectivity index is 2.38.